The standard InChI is InChI=1S/C12H16FNO4/c13-9-3-1-4-10(11(9)12(16)17)14-5-2-7-18-8-6-15/h1,3-4,14-15H,2,5-8H2,(H,16,17). The number of carboxylic acids is 1. The average Bonchev–Trinajstić information content (AvgIpc) is 2.33. The molecule has 1 aromatic rings. The molecule has 0 saturated carbocycles. The summed E-state index contributed by atoms with van der Waals surface area (Å²) in [6.07, 6.45) is 0.634. The van der Waals surface area contributed by atoms with E-state index in [4.69, 9.17) is 14.9 Å². The zero-order valence-corrected chi connectivity index (χ0v) is 9.86. The van der Waals surface area contributed by atoms with Crippen molar-refractivity contribution >= 4 is 11.7 Å². The number of anilines is 1. The minimum Gasteiger partial charge on any atom is -0.478 e. The lowest BCUT2D eigenvalue weighted by Crippen LogP contribution is -2.11. The number of aliphatic hydroxyl groups excluding tert-OH is 1. The van der Waals surface area contributed by atoms with Gasteiger partial charge >= 0.3 is 5.97 Å². The summed E-state index contributed by atoms with van der Waals surface area (Å²) in [5.41, 5.74) is -0.0987. The lowest BCUT2D eigenvalue weighted by Gasteiger charge is -2.10. The van der Waals surface area contributed by atoms with E-state index in [2.05, 4.69) is 5.32 Å². The number of halogens is 1. The molecule has 100 valence electrons. The van der Waals surface area contributed by atoms with Crippen molar-refractivity contribution in [3.05, 3.63) is 29.6 Å². The second-order valence-corrected chi connectivity index (χ2v) is 3.58. The SMILES string of the molecule is O=C(O)c1c(F)cccc1NCCCOCCO. The summed E-state index contributed by atoms with van der Waals surface area (Å²) < 4.78 is 18.3. The Morgan fingerprint density at radius 2 is 2.17 bits per heavy atom. The molecule has 0 saturated heterocycles. The lowest BCUT2D eigenvalue weighted by atomic mass is 10.1. The molecule has 3 N–H and O–H groups in total. The monoisotopic (exact) mass is 257 g/mol. The highest BCUT2D eigenvalue weighted by Crippen LogP contribution is 2.18. The van der Waals surface area contributed by atoms with Gasteiger partial charge in [-0.25, -0.2) is 9.18 Å². The molecule has 0 aliphatic heterocycles. The highest BCUT2D eigenvalue weighted by Gasteiger charge is 2.14. The molecule has 18 heavy (non-hydrogen) atoms. The first-order chi connectivity index (χ1) is 8.66. The highest BCUT2D eigenvalue weighted by atomic mass is 19.1. The zero-order chi connectivity index (χ0) is 13.4. The van der Waals surface area contributed by atoms with Crippen molar-refractivity contribution in [3.63, 3.8) is 0 Å². The van der Waals surface area contributed by atoms with Crippen LogP contribution in [0.5, 0.6) is 0 Å². The van der Waals surface area contributed by atoms with Gasteiger partial charge in [0.05, 0.1) is 18.9 Å². The molecule has 0 aliphatic carbocycles. The fourth-order valence-corrected chi connectivity index (χ4v) is 1.45. The maximum Gasteiger partial charge on any atom is 0.340 e. The van der Waals surface area contributed by atoms with Crippen LogP contribution in [0.15, 0.2) is 18.2 Å². The van der Waals surface area contributed by atoms with Crippen LogP contribution in [0, 0.1) is 5.82 Å². The van der Waals surface area contributed by atoms with Gasteiger partial charge in [-0.2, -0.15) is 0 Å². The summed E-state index contributed by atoms with van der Waals surface area (Å²) in [6, 6.07) is 4.08. The number of rotatable bonds is 8. The Bertz CT molecular complexity index is 398. The average molecular weight is 257 g/mol. The quantitative estimate of drug-likeness (QED) is 0.612. The smallest absolute Gasteiger partial charge is 0.340 e. The molecular formula is C12H16FNO4. The molecule has 0 aromatic heterocycles. The molecule has 5 nitrogen and oxygen atoms in total. The Kier molecular flexibility index (Phi) is 6.10. The Labute approximate surface area is 104 Å². The third-order valence-electron chi connectivity index (χ3n) is 2.24. The molecule has 0 radical (unpaired) electrons. The molecule has 0 atom stereocenters. The number of carboxylic acid groups (broad SMARTS) is 1. The van der Waals surface area contributed by atoms with E-state index < -0.39 is 11.8 Å². The van der Waals surface area contributed by atoms with Gasteiger partial charge in [-0.3, -0.25) is 0 Å². The number of carbonyl (C=O) groups is 1. The van der Waals surface area contributed by atoms with Crippen LogP contribution < -0.4 is 5.32 Å². The normalized spacial score (nSPS) is 10.3. The topological polar surface area (TPSA) is 78.8 Å². The number of ether oxygens (including phenoxy) is 1. The minimum absolute atomic E-state index is 0.0273. The maximum absolute atomic E-state index is 13.3. The van der Waals surface area contributed by atoms with Crippen molar-refractivity contribution in [1.82, 2.24) is 0 Å². The third kappa shape index (κ3) is 4.31. The summed E-state index contributed by atoms with van der Waals surface area (Å²) in [5, 5.41) is 20.2. The number of aliphatic hydroxyl groups is 1. The summed E-state index contributed by atoms with van der Waals surface area (Å²) in [6.45, 7) is 1.17. The van der Waals surface area contributed by atoms with Crippen molar-refractivity contribution in [2.24, 2.45) is 0 Å². The second kappa shape index (κ2) is 7.62. The van der Waals surface area contributed by atoms with Crippen molar-refractivity contribution in [2.45, 2.75) is 6.42 Å². The molecule has 0 unspecified atom stereocenters. The molecule has 0 bridgehead atoms. The fourth-order valence-electron chi connectivity index (χ4n) is 1.45. The maximum atomic E-state index is 13.3. The molecular weight excluding hydrogens is 241 g/mol. The van der Waals surface area contributed by atoms with Crippen LogP contribution in [0.4, 0.5) is 10.1 Å². The third-order valence-corrected chi connectivity index (χ3v) is 2.24. The Balaban J connectivity index is 2.47. The first kappa shape index (κ1) is 14.4. The van der Waals surface area contributed by atoms with Crippen LogP contribution in [-0.4, -0.2) is 42.5 Å². The number of hydrogen-bond donors (Lipinski definition) is 3. The Morgan fingerprint density at radius 3 is 2.83 bits per heavy atom. The van der Waals surface area contributed by atoms with Gasteiger partial charge in [0.15, 0.2) is 0 Å². The van der Waals surface area contributed by atoms with Gasteiger partial charge < -0.3 is 20.3 Å². The van der Waals surface area contributed by atoms with Crippen LogP contribution >= 0.6 is 0 Å². The molecule has 0 amide bonds. The van der Waals surface area contributed by atoms with Gasteiger partial charge in [0.25, 0.3) is 0 Å². The van der Waals surface area contributed by atoms with Crippen LogP contribution in [0.25, 0.3) is 0 Å². The van der Waals surface area contributed by atoms with Crippen molar-refractivity contribution in [3.8, 4) is 0 Å². The molecule has 0 heterocycles. The van der Waals surface area contributed by atoms with Gasteiger partial charge in [-0.05, 0) is 18.6 Å². The van der Waals surface area contributed by atoms with E-state index in [1.165, 1.54) is 12.1 Å². The van der Waals surface area contributed by atoms with E-state index in [0.29, 0.717) is 19.6 Å². The Hall–Kier alpha value is -1.66. The van der Waals surface area contributed by atoms with E-state index in [0.717, 1.165) is 6.07 Å². The van der Waals surface area contributed by atoms with Crippen LogP contribution in [-0.2, 0) is 4.74 Å². The van der Waals surface area contributed by atoms with Crippen LogP contribution in [0.1, 0.15) is 16.8 Å². The first-order valence-electron chi connectivity index (χ1n) is 5.61. The first-order valence-corrected chi connectivity index (χ1v) is 5.61. The Morgan fingerprint density at radius 1 is 1.39 bits per heavy atom. The second-order valence-electron chi connectivity index (χ2n) is 3.58. The van der Waals surface area contributed by atoms with E-state index in [9.17, 15) is 9.18 Å². The largest absolute Gasteiger partial charge is 0.478 e. The number of nitrogens with one attached hydrogen (secondary N) is 1. The van der Waals surface area contributed by atoms with Crippen molar-refractivity contribution in [2.75, 3.05) is 31.7 Å². The van der Waals surface area contributed by atoms with Crippen molar-refractivity contribution < 1.29 is 24.1 Å². The van der Waals surface area contributed by atoms with Gasteiger partial charge in [-0.15, -0.1) is 0 Å². The summed E-state index contributed by atoms with van der Waals surface area (Å²) in [5.74, 6) is -2.06. The van der Waals surface area contributed by atoms with Gasteiger partial charge in [-0.1, -0.05) is 6.07 Å². The molecule has 1 rings (SSSR count). The van der Waals surface area contributed by atoms with Gasteiger partial charge in [0, 0.05) is 13.2 Å². The van der Waals surface area contributed by atoms with E-state index in [-0.39, 0.29) is 24.5 Å². The molecule has 0 aliphatic rings. The number of benzene rings is 1. The summed E-state index contributed by atoms with van der Waals surface area (Å²) >= 11 is 0. The molecule has 0 spiro atoms. The predicted molar refractivity (Wildman–Crippen MR) is 64.4 cm³/mol. The van der Waals surface area contributed by atoms with Crippen LogP contribution in [0.3, 0.4) is 0 Å². The van der Waals surface area contributed by atoms with E-state index in [1.807, 2.05) is 0 Å². The van der Waals surface area contributed by atoms with Gasteiger partial charge in [0.2, 0.25) is 0 Å². The summed E-state index contributed by atoms with van der Waals surface area (Å²) in [7, 11) is 0. The highest BCUT2D eigenvalue weighted by molar-refractivity contribution is 5.94. The number of hydrogen-bond acceptors (Lipinski definition) is 4. The number of aromatic carboxylic acids is 1. The van der Waals surface area contributed by atoms with E-state index >= 15 is 0 Å². The van der Waals surface area contributed by atoms with Crippen molar-refractivity contribution in [1.29, 1.82) is 0 Å². The summed E-state index contributed by atoms with van der Waals surface area (Å²) in [4.78, 5) is 10.9. The predicted octanol–water partition coefficient (Wildman–Crippen LogP) is 1.33. The van der Waals surface area contributed by atoms with E-state index in [1.54, 1.807) is 0 Å². The zero-order valence-electron chi connectivity index (χ0n) is 9.86. The fraction of sp³-hybridized carbons (Fsp3) is 0.417. The molecule has 0 fully saturated rings. The van der Waals surface area contributed by atoms with Crippen LogP contribution in [0.2, 0.25) is 0 Å². The molecule has 6 heteroatoms. The molecule has 1 aromatic carbocycles. The van der Waals surface area contributed by atoms with Gasteiger partial charge in [0.1, 0.15) is 11.4 Å². The minimum atomic E-state index is -1.30. The lowest BCUT2D eigenvalue weighted by molar-refractivity contribution is 0.0693.